The smallest absolute Gasteiger partial charge is 0.0912 e. The Kier molecular flexibility index (Phi) is 4.65. The summed E-state index contributed by atoms with van der Waals surface area (Å²) < 4.78 is 12.2. The van der Waals surface area contributed by atoms with Gasteiger partial charge >= 0.3 is 0 Å². The van der Waals surface area contributed by atoms with Crippen molar-refractivity contribution in [3.8, 4) is 0 Å². The number of para-hydroxylation sites is 1. The maximum atomic E-state index is 12.2. The van der Waals surface area contributed by atoms with Crippen LogP contribution in [0.25, 0.3) is 10.9 Å². The van der Waals surface area contributed by atoms with Crippen LogP contribution < -0.4 is 5.73 Å². The SMILES string of the molecule is Cl.N[C@H](CCF)c1ccnc2ccccc12. The van der Waals surface area contributed by atoms with Crippen molar-refractivity contribution in [1.29, 1.82) is 0 Å². The minimum Gasteiger partial charge on any atom is -0.324 e. The standard InChI is InChI=1S/C12H13FN2.ClH/c13-7-5-11(14)9-6-8-15-12-4-2-1-3-10(9)12;/h1-4,6,8,11H,5,7,14H2;1H/t11-;/m1./s1. The monoisotopic (exact) mass is 240 g/mol. The number of aromatic nitrogens is 1. The molecular weight excluding hydrogens is 227 g/mol. The van der Waals surface area contributed by atoms with Crippen LogP contribution in [0.5, 0.6) is 0 Å². The van der Waals surface area contributed by atoms with Crippen LogP contribution in [0.4, 0.5) is 4.39 Å². The molecule has 4 heteroatoms. The molecule has 2 rings (SSSR count). The number of alkyl halides is 1. The van der Waals surface area contributed by atoms with E-state index in [4.69, 9.17) is 5.73 Å². The summed E-state index contributed by atoms with van der Waals surface area (Å²) in [5.74, 6) is 0. The molecule has 86 valence electrons. The van der Waals surface area contributed by atoms with Gasteiger partial charge in [-0.25, -0.2) is 0 Å². The summed E-state index contributed by atoms with van der Waals surface area (Å²) in [5, 5.41) is 1.01. The van der Waals surface area contributed by atoms with Gasteiger partial charge in [-0.1, -0.05) is 18.2 Å². The first-order chi connectivity index (χ1) is 7.33. The normalized spacial score (nSPS) is 12.1. The van der Waals surface area contributed by atoms with Crippen molar-refractivity contribution in [2.24, 2.45) is 5.73 Å². The molecule has 0 saturated heterocycles. The minimum atomic E-state index is -0.391. The molecule has 0 aliphatic carbocycles. The van der Waals surface area contributed by atoms with E-state index in [0.29, 0.717) is 6.42 Å². The number of nitrogens with two attached hydrogens (primary N) is 1. The van der Waals surface area contributed by atoms with E-state index < -0.39 is 6.67 Å². The van der Waals surface area contributed by atoms with E-state index in [1.54, 1.807) is 6.20 Å². The first-order valence-corrected chi connectivity index (χ1v) is 4.98. The molecule has 0 aliphatic rings. The molecule has 2 N–H and O–H groups in total. The second-order valence-corrected chi connectivity index (χ2v) is 3.50. The number of benzene rings is 1. The van der Waals surface area contributed by atoms with Crippen molar-refractivity contribution in [3.05, 3.63) is 42.1 Å². The molecule has 0 spiro atoms. The first-order valence-electron chi connectivity index (χ1n) is 4.98. The molecule has 0 amide bonds. The highest BCUT2D eigenvalue weighted by molar-refractivity contribution is 5.85. The fourth-order valence-corrected chi connectivity index (χ4v) is 1.71. The maximum Gasteiger partial charge on any atom is 0.0912 e. The third-order valence-corrected chi connectivity index (χ3v) is 2.50. The van der Waals surface area contributed by atoms with Gasteiger partial charge in [-0.15, -0.1) is 12.4 Å². The van der Waals surface area contributed by atoms with E-state index >= 15 is 0 Å². The fraction of sp³-hybridized carbons (Fsp3) is 0.250. The lowest BCUT2D eigenvalue weighted by Crippen LogP contribution is -2.11. The summed E-state index contributed by atoms with van der Waals surface area (Å²) in [4.78, 5) is 4.24. The molecule has 0 fully saturated rings. The molecule has 0 bridgehead atoms. The zero-order chi connectivity index (χ0) is 10.7. The van der Waals surface area contributed by atoms with Crippen molar-refractivity contribution in [2.45, 2.75) is 12.5 Å². The number of hydrogen-bond donors (Lipinski definition) is 1. The summed E-state index contributed by atoms with van der Waals surface area (Å²) in [6, 6.07) is 9.39. The van der Waals surface area contributed by atoms with E-state index in [9.17, 15) is 4.39 Å². The molecule has 16 heavy (non-hydrogen) atoms. The summed E-state index contributed by atoms with van der Waals surface area (Å²) in [7, 11) is 0. The molecule has 2 aromatic rings. The van der Waals surface area contributed by atoms with Gasteiger partial charge in [0, 0.05) is 17.6 Å². The number of pyridine rings is 1. The van der Waals surface area contributed by atoms with Gasteiger partial charge in [-0.05, 0) is 24.1 Å². The number of rotatable bonds is 3. The average molecular weight is 241 g/mol. The number of hydrogen-bond acceptors (Lipinski definition) is 2. The zero-order valence-electron chi connectivity index (χ0n) is 8.77. The van der Waals surface area contributed by atoms with Crippen LogP contribution >= 0.6 is 12.4 Å². The van der Waals surface area contributed by atoms with E-state index in [2.05, 4.69) is 4.98 Å². The van der Waals surface area contributed by atoms with Gasteiger partial charge < -0.3 is 5.73 Å². The zero-order valence-corrected chi connectivity index (χ0v) is 9.58. The third-order valence-electron chi connectivity index (χ3n) is 2.50. The maximum absolute atomic E-state index is 12.2. The Balaban J connectivity index is 0.00000128. The van der Waals surface area contributed by atoms with Crippen LogP contribution in [0.2, 0.25) is 0 Å². The summed E-state index contributed by atoms with van der Waals surface area (Å²) in [6.45, 7) is -0.391. The molecule has 1 aromatic heterocycles. The Hall–Kier alpha value is -1.19. The topological polar surface area (TPSA) is 38.9 Å². The summed E-state index contributed by atoms with van der Waals surface area (Å²) >= 11 is 0. The van der Waals surface area contributed by atoms with Gasteiger partial charge in [0.25, 0.3) is 0 Å². The molecule has 0 saturated carbocycles. The van der Waals surface area contributed by atoms with Gasteiger partial charge in [-0.3, -0.25) is 9.37 Å². The molecule has 2 nitrogen and oxygen atoms in total. The number of fused-ring (bicyclic) bond motifs is 1. The second-order valence-electron chi connectivity index (χ2n) is 3.50. The molecule has 1 atom stereocenters. The molecular formula is C12H14ClFN2. The van der Waals surface area contributed by atoms with E-state index in [1.807, 2.05) is 30.3 Å². The Bertz CT molecular complexity index is 456. The highest BCUT2D eigenvalue weighted by Gasteiger charge is 2.09. The number of halogens is 2. The van der Waals surface area contributed by atoms with Crippen LogP contribution in [0.1, 0.15) is 18.0 Å². The molecule has 0 radical (unpaired) electrons. The van der Waals surface area contributed by atoms with Crippen molar-refractivity contribution in [1.82, 2.24) is 4.98 Å². The van der Waals surface area contributed by atoms with Gasteiger partial charge in [-0.2, -0.15) is 0 Å². The van der Waals surface area contributed by atoms with Crippen LogP contribution in [-0.4, -0.2) is 11.7 Å². The first kappa shape index (κ1) is 12.9. The minimum absolute atomic E-state index is 0. The quantitative estimate of drug-likeness (QED) is 0.896. The Labute approximate surface area is 100 Å². The Morgan fingerprint density at radius 1 is 1.25 bits per heavy atom. The van der Waals surface area contributed by atoms with E-state index in [-0.39, 0.29) is 18.4 Å². The Morgan fingerprint density at radius 2 is 2.00 bits per heavy atom. The van der Waals surface area contributed by atoms with E-state index in [0.717, 1.165) is 16.5 Å². The predicted octanol–water partition coefficient (Wildman–Crippen LogP) is 3.02. The van der Waals surface area contributed by atoms with Crippen LogP contribution in [-0.2, 0) is 0 Å². The molecule has 1 aromatic carbocycles. The molecule has 0 unspecified atom stereocenters. The second kappa shape index (κ2) is 5.77. The van der Waals surface area contributed by atoms with Crippen LogP contribution in [0.3, 0.4) is 0 Å². The Morgan fingerprint density at radius 3 is 2.75 bits per heavy atom. The van der Waals surface area contributed by atoms with Crippen LogP contribution in [0.15, 0.2) is 36.5 Å². The van der Waals surface area contributed by atoms with Crippen molar-refractivity contribution in [3.63, 3.8) is 0 Å². The summed E-state index contributed by atoms with van der Waals surface area (Å²) in [5.41, 5.74) is 7.78. The molecule has 1 heterocycles. The van der Waals surface area contributed by atoms with Gasteiger partial charge in [0.2, 0.25) is 0 Å². The van der Waals surface area contributed by atoms with Crippen LogP contribution in [0, 0.1) is 0 Å². The lowest BCUT2D eigenvalue weighted by molar-refractivity contribution is 0.442. The fourth-order valence-electron chi connectivity index (χ4n) is 1.71. The van der Waals surface area contributed by atoms with Gasteiger partial charge in [0.15, 0.2) is 0 Å². The lowest BCUT2D eigenvalue weighted by atomic mass is 10.0. The van der Waals surface area contributed by atoms with Crippen molar-refractivity contribution in [2.75, 3.05) is 6.67 Å². The van der Waals surface area contributed by atoms with Crippen molar-refractivity contribution < 1.29 is 4.39 Å². The summed E-state index contributed by atoms with van der Waals surface area (Å²) in [6.07, 6.45) is 2.07. The molecule has 0 aliphatic heterocycles. The predicted molar refractivity (Wildman–Crippen MR) is 66.5 cm³/mol. The average Bonchev–Trinajstić information content (AvgIpc) is 2.28. The third kappa shape index (κ3) is 2.49. The van der Waals surface area contributed by atoms with Gasteiger partial charge in [0.05, 0.1) is 12.2 Å². The van der Waals surface area contributed by atoms with E-state index in [1.165, 1.54) is 0 Å². The number of nitrogens with zero attached hydrogens (tertiary/aromatic N) is 1. The highest BCUT2D eigenvalue weighted by atomic mass is 35.5. The van der Waals surface area contributed by atoms with Gasteiger partial charge in [0.1, 0.15) is 0 Å². The highest BCUT2D eigenvalue weighted by Crippen LogP contribution is 2.22. The lowest BCUT2D eigenvalue weighted by Gasteiger charge is -2.12. The van der Waals surface area contributed by atoms with Crippen molar-refractivity contribution >= 4 is 23.3 Å². The largest absolute Gasteiger partial charge is 0.324 e.